The Morgan fingerprint density at radius 1 is 1.18 bits per heavy atom. The average molecular weight is 153 g/mol. The Kier molecular flexibility index (Phi) is 2.17. The van der Waals surface area contributed by atoms with Crippen LogP contribution in [0, 0.1) is 11.8 Å². The molecule has 0 radical (unpaired) electrons. The van der Waals surface area contributed by atoms with Crippen LogP contribution >= 0.6 is 0 Å². The van der Waals surface area contributed by atoms with Crippen molar-refractivity contribution in [2.45, 2.75) is 45.1 Å². The van der Waals surface area contributed by atoms with E-state index < -0.39 is 0 Å². The van der Waals surface area contributed by atoms with E-state index in [9.17, 15) is 0 Å². The highest BCUT2D eigenvalue weighted by molar-refractivity contribution is 4.86. The minimum atomic E-state index is 0.889. The number of hydrogen-bond acceptors (Lipinski definition) is 1. The zero-order valence-corrected chi connectivity index (χ0v) is 7.47. The van der Waals surface area contributed by atoms with Crippen LogP contribution in [0.4, 0.5) is 0 Å². The molecule has 0 spiro atoms. The molecule has 11 heavy (non-hydrogen) atoms. The van der Waals surface area contributed by atoms with Crippen LogP contribution in [0.25, 0.3) is 0 Å². The van der Waals surface area contributed by atoms with Crippen LogP contribution in [0.5, 0.6) is 0 Å². The van der Waals surface area contributed by atoms with Crippen molar-refractivity contribution in [1.29, 1.82) is 0 Å². The van der Waals surface area contributed by atoms with Gasteiger partial charge in [0.2, 0.25) is 0 Å². The van der Waals surface area contributed by atoms with Crippen LogP contribution in [0.1, 0.15) is 39.0 Å². The van der Waals surface area contributed by atoms with Gasteiger partial charge in [0, 0.05) is 6.04 Å². The van der Waals surface area contributed by atoms with Crippen molar-refractivity contribution in [3.63, 3.8) is 0 Å². The maximum Gasteiger partial charge on any atom is 0.00955 e. The molecule has 1 heteroatoms. The van der Waals surface area contributed by atoms with E-state index in [0.29, 0.717) is 0 Å². The average Bonchev–Trinajstić information content (AvgIpc) is 2.04. The summed E-state index contributed by atoms with van der Waals surface area (Å²) in [4.78, 5) is 0. The van der Waals surface area contributed by atoms with Gasteiger partial charge < -0.3 is 5.32 Å². The first kappa shape index (κ1) is 7.60. The number of fused-ring (bicyclic) bond motifs is 1. The summed E-state index contributed by atoms with van der Waals surface area (Å²) < 4.78 is 0. The van der Waals surface area contributed by atoms with Crippen LogP contribution < -0.4 is 5.32 Å². The summed E-state index contributed by atoms with van der Waals surface area (Å²) >= 11 is 0. The van der Waals surface area contributed by atoms with Gasteiger partial charge in [-0.25, -0.2) is 0 Å². The summed E-state index contributed by atoms with van der Waals surface area (Å²) in [6.07, 6.45) is 7.27. The Bertz CT molecular complexity index is 133. The molecule has 0 bridgehead atoms. The SMILES string of the molecule is C[C@@H]1CCC2NCCCC2C1. The van der Waals surface area contributed by atoms with Crippen LogP contribution in [-0.2, 0) is 0 Å². The molecule has 0 amide bonds. The quantitative estimate of drug-likeness (QED) is 0.562. The van der Waals surface area contributed by atoms with Gasteiger partial charge in [-0.1, -0.05) is 6.92 Å². The van der Waals surface area contributed by atoms with Gasteiger partial charge in [0.05, 0.1) is 0 Å². The second-order valence-electron chi connectivity index (χ2n) is 4.38. The number of hydrogen-bond donors (Lipinski definition) is 1. The minimum Gasteiger partial charge on any atom is -0.314 e. The molecule has 1 saturated carbocycles. The lowest BCUT2D eigenvalue weighted by molar-refractivity contribution is 0.173. The molecule has 1 saturated heterocycles. The fourth-order valence-corrected chi connectivity index (χ4v) is 2.74. The molecular weight excluding hydrogens is 134 g/mol. The standard InChI is InChI=1S/C10H19N/c1-8-4-5-10-9(7-8)3-2-6-11-10/h8-11H,2-7H2,1H3/t8-,9?,10?/m1/s1. The van der Waals surface area contributed by atoms with Gasteiger partial charge >= 0.3 is 0 Å². The fraction of sp³-hybridized carbons (Fsp3) is 1.00. The van der Waals surface area contributed by atoms with Gasteiger partial charge in [0.25, 0.3) is 0 Å². The first-order valence-corrected chi connectivity index (χ1v) is 5.09. The Hall–Kier alpha value is -0.0400. The normalized spacial score (nSPS) is 45.0. The lowest BCUT2D eigenvalue weighted by atomic mass is 9.75. The van der Waals surface area contributed by atoms with Gasteiger partial charge in [0.15, 0.2) is 0 Å². The topological polar surface area (TPSA) is 12.0 Å². The largest absolute Gasteiger partial charge is 0.314 e. The molecule has 2 rings (SSSR count). The summed E-state index contributed by atoms with van der Waals surface area (Å²) in [7, 11) is 0. The van der Waals surface area contributed by atoms with Crippen LogP contribution in [-0.4, -0.2) is 12.6 Å². The molecule has 2 unspecified atom stereocenters. The van der Waals surface area contributed by atoms with Crippen molar-refractivity contribution in [3.8, 4) is 0 Å². The van der Waals surface area contributed by atoms with Crippen molar-refractivity contribution in [2.75, 3.05) is 6.54 Å². The Balaban J connectivity index is 1.93. The van der Waals surface area contributed by atoms with E-state index in [0.717, 1.165) is 17.9 Å². The molecule has 1 N–H and O–H groups in total. The highest BCUT2D eigenvalue weighted by Crippen LogP contribution is 2.33. The predicted molar refractivity (Wildman–Crippen MR) is 47.5 cm³/mol. The minimum absolute atomic E-state index is 0.889. The molecule has 1 aliphatic carbocycles. The monoisotopic (exact) mass is 153 g/mol. The van der Waals surface area contributed by atoms with Crippen molar-refractivity contribution >= 4 is 0 Å². The molecule has 1 aliphatic heterocycles. The summed E-state index contributed by atoms with van der Waals surface area (Å²) in [5, 5.41) is 3.64. The summed E-state index contributed by atoms with van der Waals surface area (Å²) in [6.45, 7) is 3.68. The van der Waals surface area contributed by atoms with E-state index in [4.69, 9.17) is 0 Å². The third kappa shape index (κ3) is 1.58. The van der Waals surface area contributed by atoms with Gasteiger partial charge in [-0.2, -0.15) is 0 Å². The van der Waals surface area contributed by atoms with Crippen LogP contribution in [0.3, 0.4) is 0 Å². The van der Waals surface area contributed by atoms with E-state index >= 15 is 0 Å². The van der Waals surface area contributed by atoms with Crippen molar-refractivity contribution < 1.29 is 0 Å². The third-order valence-corrected chi connectivity index (χ3v) is 3.40. The first-order chi connectivity index (χ1) is 5.36. The summed E-state index contributed by atoms with van der Waals surface area (Å²) in [5.74, 6) is 2.02. The van der Waals surface area contributed by atoms with E-state index in [1.807, 2.05) is 0 Å². The molecule has 0 aromatic carbocycles. The van der Waals surface area contributed by atoms with Crippen LogP contribution in [0.2, 0.25) is 0 Å². The lowest BCUT2D eigenvalue weighted by Crippen LogP contribution is -2.44. The predicted octanol–water partition coefficient (Wildman–Crippen LogP) is 2.17. The Morgan fingerprint density at radius 2 is 2.09 bits per heavy atom. The van der Waals surface area contributed by atoms with Gasteiger partial charge in [-0.15, -0.1) is 0 Å². The van der Waals surface area contributed by atoms with Gasteiger partial charge in [-0.3, -0.25) is 0 Å². The van der Waals surface area contributed by atoms with E-state index in [2.05, 4.69) is 12.2 Å². The lowest BCUT2D eigenvalue weighted by Gasteiger charge is -2.38. The van der Waals surface area contributed by atoms with E-state index in [1.54, 1.807) is 0 Å². The van der Waals surface area contributed by atoms with Crippen molar-refractivity contribution in [3.05, 3.63) is 0 Å². The highest BCUT2D eigenvalue weighted by atomic mass is 14.9. The number of rotatable bonds is 0. The van der Waals surface area contributed by atoms with E-state index in [1.165, 1.54) is 38.6 Å². The Morgan fingerprint density at radius 3 is 3.00 bits per heavy atom. The van der Waals surface area contributed by atoms with Crippen molar-refractivity contribution in [1.82, 2.24) is 5.32 Å². The molecule has 3 atom stereocenters. The molecule has 1 heterocycles. The van der Waals surface area contributed by atoms with Gasteiger partial charge in [-0.05, 0) is 50.5 Å². The summed E-state index contributed by atoms with van der Waals surface area (Å²) in [5.41, 5.74) is 0. The maximum atomic E-state index is 3.64. The number of piperidine rings is 1. The fourth-order valence-electron chi connectivity index (χ4n) is 2.74. The molecule has 0 aromatic heterocycles. The van der Waals surface area contributed by atoms with Crippen molar-refractivity contribution in [2.24, 2.45) is 11.8 Å². The second-order valence-corrected chi connectivity index (χ2v) is 4.38. The van der Waals surface area contributed by atoms with Crippen LogP contribution in [0.15, 0.2) is 0 Å². The second kappa shape index (κ2) is 3.14. The Labute approximate surface area is 69.6 Å². The summed E-state index contributed by atoms with van der Waals surface area (Å²) in [6, 6.07) is 0.889. The molecule has 64 valence electrons. The molecular formula is C10H19N. The first-order valence-electron chi connectivity index (χ1n) is 5.09. The zero-order chi connectivity index (χ0) is 7.68. The molecule has 2 aliphatic rings. The third-order valence-electron chi connectivity index (χ3n) is 3.40. The smallest absolute Gasteiger partial charge is 0.00955 e. The molecule has 1 nitrogen and oxygen atoms in total. The maximum absolute atomic E-state index is 3.64. The number of nitrogens with one attached hydrogen (secondary N) is 1. The zero-order valence-electron chi connectivity index (χ0n) is 7.47. The van der Waals surface area contributed by atoms with Gasteiger partial charge in [0.1, 0.15) is 0 Å². The van der Waals surface area contributed by atoms with E-state index in [-0.39, 0.29) is 0 Å². The highest BCUT2D eigenvalue weighted by Gasteiger charge is 2.29. The molecule has 2 fully saturated rings. The molecule has 0 aromatic rings.